The zero-order valence-electron chi connectivity index (χ0n) is 11.8. The first-order valence-electron chi connectivity index (χ1n) is 6.91. The summed E-state index contributed by atoms with van der Waals surface area (Å²) >= 11 is 0. The van der Waals surface area contributed by atoms with Crippen molar-refractivity contribution in [1.29, 1.82) is 0 Å². The highest BCUT2D eigenvalue weighted by Gasteiger charge is 2.38. The molecule has 108 valence electrons. The van der Waals surface area contributed by atoms with Crippen LogP contribution >= 0.6 is 0 Å². The van der Waals surface area contributed by atoms with Crippen molar-refractivity contribution in [3.63, 3.8) is 0 Å². The van der Waals surface area contributed by atoms with Crippen LogP contribution in [-0.2, 0) is 4.79 Å². The molecule has 20 heavy (non-hydrogen) atoms. The van der Waals surface area contributed by atoms with Gasteiger partial charge in [-0.3, -0.25) is 4.79 Å². The normalized spacial score (nSPS) is 16.7. The van der Waals surface area contributed by atoms with Crippen LogP contribution in [0.15, 0.2) is 36.4 Å². The lowest BCUT2D eigenvalue weighted by molar-refractivity contribution is -0.133. The molecule has 2 N–H and O–H groups in total. The van der Waals surface area contributed by atoms with Crippen LogP contribution in [0.5, 0.6) is 5.75 Å². The third-order valence-electron chi connectivity index (χ3n) is 3.43. The van der Waals surface area contributed by atoms with E-state index < -0.39 is 5.60 Å². The Morgan fingerprint density at radius 3 is 2.80 bits per heavy atom. The summed E-state index contributed by atoms with van der Waals surface area (Å²) in [5, 5.41) is 13.0. The number of anilines is 1. The van der Waals surface area contributed by atoms with Gasteiger partial charge in [0.15, 0.2) is 0 Å². The minimum absolute atomic E-state index is 0.327. The molecule has 0 heterocycles. The van der Waals surface area contributed by atoms with Crippen molar-refractivity contribution >= 4 is 11.6 Å². The van der Waals surface area contributed by atoms with Crippen molar-refractivity contribution in [2.75, 3.05) is 11.9 Å². The van der Waals surface area contributed by atoms with Crippen LogP contribution in [0, 0.1) is 0 Å². The quantitative estimate of drug-likeness (QED) is 0.812. The molecule has 1 fully saturated rings. The minimum Gasteiger partial charge on any atom is -0.489 e. The number of benzene rings is 1. The van der Waals surface area contributed by atoms with E-state index in [9.17, 15) is 9.90 Å². The van der Waals surface area contributed by atoms with E-state index in [1.807, 2.05) is 19.1 Å². The Kier molecular flexibility index (Phi) is 4.45. The van der Waals surface area contributed by atoms with Crippen molar-refractivity contribution in [3.8, 4) is 5.75 Å². The van der Waals surface area contributed by atoms with Crippen LogP contribution in [-0.4, -0.2) is 23.2 Å². The van der Waals surface area contributed by atoms with Crippen LogP contribution in [0.3, 0.4) is 0 Å². The molecule has 0 unspecified atom stereocenters. The number of carbonyl (C=O) groups is 1. The van der Waals surface area contributed by atoms with E-state index >= 15 is 0 Å². The topological polar surface area (TPSA) is 58.6 Å². The monoisotopic (exact) mass is 275 g/mol. The van der Waals surface area contributed by atoms with E-state index in [1.54, 1.807) is 12.1 Å². The average molecular weight is 275 g/mol. The summed E-state index contributed by atoms with van der Waals surface area (Å²) in [6, 6.07) is 7.16. The van der Waals surface area contributed by atoms with Crippen molar-refractivity contribution in [3.05, 3.63) is 36.4 Å². The lowest BCUT2D eigenvalue weighted by Crippen LogP contribution is -2.40. The average Bonchev–Trinajstić information content (AvgIpc) is 2.85. The van der Waals surface area contributed by atoms with Gasteiger partial charge in [0.05, 0.1) is 0 Å². The Morgan fingerprint density at radius 2 is 2.15 bits per heavy atom. The van der Waals surface area contributed by atoms with Gasteiger partial charge in [0, 0.05) is 11.8 Å². The molecule has 0 aliphatic heterocycles. The molecule has 1 aromatic carbocycles. The van der Waals surface area contributed by atoms with Gasteiger partial charge in [0.2, 0.25) is 0 Å². The molecule has 4 heteroatoms. The Hall–Kier alpha value is -1.81. The van der Waals surface area contributed by atoms with Gasteiger partial charge in [-0.1, -0.05) is 12.6 Å². The first-order chi connectivity index (χ1) is 9.49. The molecule has 1 amide bonds. The third kappa shape index (κ3) is 3.61. The third-order valence-corrected chi connectivity index (χ3v) is 3.43. The molecule has 0 saturated heterocycles. The van der Waals surface area contributed by atoms with E-state index in [-0.39, 0.29) is 5.91 Å². The highest BCUT2D eigenvalue weighted by atomic mass is 16.5. The minimum atomic E-state index is -1.21. The molecular formula is C16H21NO3. The molecule has 0 atom stereocenters. The molecule has 1 aliphatic rings. The number of carbonyl (C=O) groups excluding carboxylic acids is 1. The molecule has 0 spiro atoms. The van der Waals surface area contributed by atoms with Crippen LogP contribution in [0.1, 0.15) is 32.6 Å². The SMILES string of the molecule is C=C(C)COc1cccc(NC(=O)C2(O)CCCC2)c1. The van der Waals surface area contributed by atoms with Crippen molar-refractivity contribution in [2.45, 2.75) is 38.2 Å². The summed E-state index contributed by atoms with van der Waals surface area (Å²) in [6.07, 6.45) is 2.85. The smallest absolute Gasteiger partial charge is 0.256 e. The summed E-state index contributed by atoms with van der Waals surface area (Å²) in [5.74, 6) is 0.344. The molecule has 0 aromatic heterocycles. The highest BCUT2D eigenvalue weighted by Crippen LogP contribution is 2.31. The van der Waals surface area contributed by atoms with E-state index in [1.165, 1.54) is 0 Å². The Bertz CT molecular complexity index is 504. The number of ether oxygens (including phenoxy) is 1. The standard InChI is InChI=1S/C16H21NO3/c1-12(2)11-20-14-7-5-6-13(10-14)17-15(18)16(19)8-3-4-9-16/h5-7,10,19H,1,3-4,8-9,11H2,2H3,(H,17,18). The molecule has 0 bridgehead atoms. The first kappa shape index (κ1) is 14.6. The van der Waals surface area contributed by atoms with Crippen LogP contribution in [0.4, 0.5) is 5.69 Å². The second kappa shape index (κ2) is 6.09. The predicted molar refractivity (Wildman–Crippen MR) is 78.8 cm³/mol. The summed E-state index contributed by atoms with van der Waals surface area (Å²) in [5.41, 5.74) is 0.350. The van der Waals surface area contributed by atoms with Crippen LogP contribution < -0.4 is 10.1 Å². The molecule has 4 nitrogen and oxygen atoms in total. The van der Waals surface area contributed by atoms with Crippen molar-refractivity contribution in [2.24, 2.45) is 0 Å². The molecule has 0 radical (unpaired) electrons. The van der Waals surface area contributed by atoms with E-state index in [2.05, 4.69) is 11.9 Å². The predicted octanol–water partition coefficient (Wildman–Crippen LogP) is 2.89. The second-order valence-corrected chi connectivity index (χ2v) is 5.47. The largest absolute Gasteiger partial charge is 0.489 e. The number of nitrogens with one attached hydrogen (secondary N) is 1. The van der Waals surface area contributed by atoms with Crippen molar-refractivity contribution < 1.29 is 14.6 Å². The van der Waals surface area contributed by atoms with Gasteiger partial charge in [0.25, 0.3) is 5.91 Å². The summed E-state index contributed by atoms with van der Waals surface area (Å²) < 4.78 is 5.53. The molecule has 1 saturated carbocycles. The molecule has 2 rings (SSSR count). The van der Waals surface area contributed by atoms with Gasteiger partial charge in [-0.2, -0.15) is 0 Å². The highest BCUT2D eigenvalue weighted by molar-refractivity contribution is 5.97. The Labute approximate surface area is 119 Å². The van der Waals surface area contributed by atoms with Crippen LogP contribution in [0.2, 0.25) is 0 Å². The Balaban J connectivity index is 2.00. The fourth-order valence-corrected chi connectivity index (χ4v) is 2.30. The summed E-state index contributed by atoms with van der Waals surface area (Å²) in [6.45, 7) is 6.11. The maximum absolute atomic E-state index is 12.1. The number of amides is 1. The Morgan fingerprint density at radius 1 is 1.45 bits per heavy atom. The zero-order valence-corrected chi connectivity index (χ0v) is 11.8. The maximum atomic E-state index is 12.1. The van der Waals surface area contributed by atoms with E-state index in [0.29, 0.717) is 30.9 Å². The molecule has 1 aromatic rings. The molecular weight excluding hydrogens is 254 g/mol. The van der Waals surface area contributed by atoms with Crippen LogP contribution in [0.25, 0.3) is 0 Å². The number of rotatable bonds is 5. The number of hydrogen-bond acceptors (Lipinski definition) is 3. The van der Waals surface area contributed by atoms with Gasteiger partial charge < -0.3 is 15.2 Å². The molecule has 1 aliphatic carbocycles. The van der Waals surface area contributed by atoms with Gasteiger partial charge in [-0.15, -0.1) is 0 Å². The van der Waals surface area contributed by atoms with Gasteiger partial charge in [0.1, 0.15) is 18.0 Å². The zero-order chi connectivity index (χ0) is 14.6. The summed E-state index contributed by atoms with van der Waals surface area (Å²) in [7, 11) is 0. The van der Waals surface area contributed by atoms with Gasteiger partial charge >= 0.3 is 0 Å². The van der Waals surface area contributed by atoms with Gasteiger partial charge in [-0.25, -0.2) is 0 Å². The lowest BCUT2D eigenvalue weighted by atomic mass is 10.0. The number of aliphatic hydroxyl groups is 1. The fourth-order valence-electron chi connectivity index (χ4n) is 2.30. The second-order valence-electron chi connectivity index (χ2n) is 5.47. The van der Waals surface area contributed by atoms with E-state index in [0.717, 1.165) is 18.4 Å². The van der Waals surface area contributed by atoms with Crippen molar-refractivity contribution in [1.82, 2.24) is 0 Å². The lowest BCUT2D eigenvalue weighted by Gasteiger charge is -2.21. The van der Waals surface area contributed by atoms with E-state index in [4.69, 9.17) is 4.74 Å². The fraction of sp³-hybridized carbons (Fsp3) is 0.438. The number of hydrogen-bond donors (Lipinski definition) is 2. The maximum Gasteiger partial charge on any atom is 0.256 e. The summed E-state index contributed by atoms with van der Waals surface area (Å²) in [4.78, 5) is 12.1. The van der Waals surface area contributed by atoms with Gasteiger partial charge in [-0.05, 0) is 50.3 Å². The first-order valence-corrected chi connectivity index (χ1v) is 6.91.